The van der Waals surface area contributed by atoms with E-state index >= 15 is 0 Å². The zero-order valence-corrected chi connectivity index (χ0v) is 14.5. The molecule has 0 spiro atoms. The fourth-order valence-electron chi connectivity index (χ4n) is 2.47. The minimum atomic E-state index is -0.422. The molecule has 8 nitrogen and oxygen atoms in total. The summed E-state index contributed by atoms with van der Waals surface area (Å²) in [7, 11) is 0. The first-order valence-corrected chi connectivity index (χ1v) is 7.99. The molecule has 1 amide bonds. The molecule has 2 aromatic rings. The Balaban J connectivity index is 2.07. The van der Waals surface area contributed by atoms with E-state index < -0.39 is 4.92 Å². The maximum absolute atomic E-state index is 12.0. The molecule has 1 atom stereocenters. The predicted molar refractivity (Wildman–Crippen MR) is 92.5 cm³/mol. The van der Waals surface area contributed by atoms with Crippen molar-refractivity contribution in [3.63, 3.8) is 0 Å². The van der Waals surface area contributed by atoms with Crippen molar-refractivity contribution < 1.29 is 14.8 Å². The van der Waals surface area contributed by atoms with Crippen LogP contribution in [0.1, 0.15) is 34.2 Å². The van der Waals surface area contributed by atoms with E-state index in [2.05, 4.69) is 10.4 Å². The predicted octanol–water partition coefficient (Wildman–Crippen LogP) is 1.81. The minimum absolute atomic E-state index is 0.00467. The van der Waals surface area contributed by atoms with Crippen LogP contribution in [0.5, 0.6) is 0 Å². The SMILES string of the molecule is Cc1nn(Cc2ccc(C(=O)NCC(C)CO)cc2)c(C)c1[N+](=O)[O-]. The van der Waals surface area contributed by atoms with Crippen molar-refractivity contribution in [2.75, 3.05) is 13.2 Å². The third kappa shape index (κ3) is 4.42. The standard InChI is InChI=1S/C17H22N4O4/c1-11(10-22)8-18-17(23)15-6-4-14(5-7-15)9-20-13(3)16(21(24)25)12(2)19-20/h4-7,11,22H,8-10H2,1-3H3,(H,18,23). The first-order valence-electron chi connectivity index (χ1n) is 7.99. The Hall–Kier alpha value is -2.74. The second-order valence-electron chi connectivity index (χ2n) is 6.13. The molecule has 0 saturated carbocycles. The maximum Gasteiger partial charge on any atom is 0.312 e. The van der Waals surface area contributed by atoms with Gasteiger partial charge >= 0.3 is 5.69 Å². The van der Waals surface area contributed by atoms with Gasteiger partial charge in [0.05, 0.1) is 11.5 Å². The maximum atomic E-state index is 12.0. The highest BCUT2D eigenvalue weighted by Gasteiger charge is 2.21. The first kappa shape index (κ1) is 18.6. The Bertz CT molecular complexity index is 768. The van der Waals surface area contributed by atoms with Crippen molar-refractivity contribution in [3.05, 3.63) is 56.9 Å². The number of carbonyl (C=O) groups excluding carboxylic acids is 1. The van der Waals surface area contributed by atoms with Gasteiger partial charge in [0, 0.05) is 18.7 Å². The molecule has 134 valence electrons. The average Bonchev–Trinajstić information content (AvgIpc) is 2.86. The Labute approximate surface area is 145 Å². The number of aliphatic hydroxyl groups is 1. The summed E-state index contributed by atoms with van der Waals surface area (Å²) in [5, 5.41) is 27.0. The van der Waals surface area contributed by atoms with E-state index in [9.17, 15) is 14.9 Å². The summed E-state index contributed by atoms with van der Waals surface area (Å²) in [5.74, 6) is -0.196. The van der Waals surface area contributed by atoms with Crippen LogP contribution in [0.3, 0.4) is 0 Å². The molecule has 0 fully saturated rings. The van der Waals surface area contributed by atoms with Crippen molar-refractivity contribution in [1.29, 1.82) is 0 Å². The van der Waals surface area contributed by atoms with Gasteiger partial charge in [-0.05, 0) is 37.5 Å². The van der Waals surface area contributed by atoms with Crippen LogP contribution in [0.4, 0.5) is 5.69 Å². The van der Waals surface area contributed by atoms with Gasteiger partial charge in [-0.2, -0.15) is 5.10 Å². The van der Waals surface area contributed by atoms with Gasteiger partial charge in [-0.3, -0.25) is 19.6 Å². The number of aromatic nitrogens is 2. The van der Waals surface area contributed by atoms with Crippen LogP contribution in [0.25, 0.3) is 0 Å². The summed E-state index contributed by atoms with van der Waals surface area (Å²) in [4.78, 5) is 22.7. The molecule has 0 saturated heterocycles. The Morgan fingerprint density at radius 3 is 2.52 bits per heavy atom. The lowest BCUT2D eigenvalue weighted by molar-refractivity contribution is -0.386. The van der Waals surface area contributed by atoms with Crippen molar-refractivity contribution in [3.8, 4) is 0 Å². The van der Waals surface area contributed by atoms with Gasteiger partial charge in [-0.15, -0.1) is 0 Å². The van der Waals surface area contributed by atoms with Crippen LogP contribution in [0.2, 0.25) is 0 Å². The Morgan fingerprint density at radius 1 is 1.36 bits per heavy atom. The zero-order valence-electron chi connectivity index (χ0n) is 14.5. The summed E-state index contributed by atoms with van der Waals surface area (Å²) < 4.78 is 1.59. The average molecular weight is 346 g/mol. The molecule has 0 radical (unpaired) electrons. The molecule has 0 aliphatic rings. The number of hydrogen-bond donors (Lipinski definition) is 2. The Kier molecular flexibility index (Phi) is 5.87. The molecular formula is C17H22N4O4. The molecule has 1 heterocycles. The van der Waals surface area contributed by atoms with E-state index in [1.165, 1.54) is 0 Å². The molecule has 2 N–H and O–H groups in total. The third-order valence-electron chi connectivity index (χ3n) is 4.00. The second kappa shape index (κ2) is 7.89. The van der Waals surface area contributed by atoms with E-state index in [0.29, 0.717) is 30.0 Å². The highest BCUT2D eigenvalue weighted by atomic mass is 16.6. The Morgan fingerprint density at radius 2 is 2.00 bits per heavy atom. The van der Waals surface area contributed by atoms with E-state index in [1.54, 1.807) is 42.8 Å². The molecule has 2 rings (SSSR count). The van der Waals surface area contributed by atoms with Crippen LogP contribution in [0.15, 0.2) is 24.3 Å². The van der Waals surface area contributed by atoms with E-state index in [4.69, 9.17) is 5.11 Å². The van der Waals surface area contributed by atoms with Gasteiger partial charge < -0.3 is 10.4 Å². The quantitative estimate of drug-likeness (QED) is 0.587. The van der Waals surface area contributed by atoms with E-state index in [0.717, 1.165) is 5.56 Å². The summed E-state index contributed by atoms with van der Waals surface area (Å²) >= 11 is 0. The van der Waals surface area contributed by atoms with Crippen LogP contribution < -0.4 is 5.32 Å². The molecule has 8 heteroatoms. The number of aliphatic hydroxyl groups excluding tert-OH is 1. The van der Waals surface area contributed by atoms with Gasteiger partial charge in [0.2, 0.25) is 0 Å². The van der Waals surface area contributed by atoms with Gasteiger partial charge in [0.25, 0.3) is 5.91 Å². The molecule has 0 aliphatic carbocycles. The van der Waals surface area contributed by atoms with Crippen LogP contribution in [0, 0.1) is 29.9 Å². The molecule has 1 unspecified atom stereocenters. The van der Waals surface area contributed by atoms with Crippen LogP contribution >= 0.6 is 0 Å². The molecule has 1 aromatic carbocycles. The normalized spacial score (nSPS) is 12.0. The number of nitro groups is 1. The van der Waals surface area contributed by atoms with E-state index in [1.807, 2.05) is 6.92 Å². The number of aryl methyl sites for hydroxylation is 1. The van der Waals surface area contributed by atoms with Crippen molar-refractivity contribution >= 4 is 11.6 Å². The molecule has 0 bridgehead atoms. The summed E-state index contributed by atoms with van der Waals surface area (Å²) in [5.41, 5.74) is 2.34. The van der Waals surface area contributed by atoms with Crippen LogP contribution in [-0.2, 0) is 6.54 Å². The first-order chi connectivity index (χ1) is 11.8. The number of rotatable bonds is 7. The van der Waals surface area contributed by atoms with Crippen molar-refractivity contribution in [2.24, 2.45) is 5.92 Å². The summed E-state index contributed by atoms with van der Waals surface area (Å²) in [6, 6.07) is 7.00. The van der Waals surface area contributed by atoms with E-state index in [-0.39, 0.29) is 24.1 Å². The molecule has 0 aliphatic heterocycles. The lowest BCUT2D eigenvalue weighted by atomic mass is 10.1. The number of amides is 1. The largest absolute Gasteiger partial charge is 0.396 e. The lowest BCUT2D eigenvalue weighted by Crippen LogP contribution is -2.29. The number of benzene rings is 1. The van der Waals surface area contributed by atoms with Crippen molar-refractivity contribution in [1.82, 2.24) is 15.1 Å². The number of nitrogens with one attached hydrogen (secondary N) is 1. The van der Waals surface area contributed by atoms with Crippen LogP contribution in [-0.4, -0.2) is 38.9 Å². The van der Waals surface area contributed by atoms with Gasteiger partial charge in [-0.25, -0.2) is 0 Å². The minimum Gasteiger partial charge on any atom is -0.396 e. The number of nitrogens with zero attached hydrogens (tertiary/aromatic N) is 3. The van der Waals surface area contributed by atoms with Crippen molar-refractivity contribution in [2.45, 2.75) is 27.3 Å². The molecule has 25 heavy (non-hydrogen) atoms. The number of hydrogen-bond acceptors (Lipinski definition) is 5. The molecular weight excluding hydrogens is 324 g/mol. The highest BCUT2D eigenvalue weighted by molar-refractivity contribution is 5.94. The topological polar surface area (TPSA) is 110 Å². The zero-order chi connectivity index (χ0) is 18.6. The fraction of sp³-hybridized carbons (Fsp3) is 0.412. The fourth-order valence-corrected chi connectivity index (χ4v) is 2.47. The summed E-state index contributed by atoms with van der Waals surface area (Å²) in [6.45, 7) is 5.95. The smallest absolute Gasteiger partial charge is 0.312 e. The van der Waals surface area contributed by atoms with Gasteiger partial charge in [0.1, 0.15) is 11.4 Å². The molecule has 1 aromatic heterocycles. The lowest BCUT2D eigenvalue weighted by Gasteiger charge is -2.10. The highest BCUT2D eigenvalue weighted by Crippen LogP contribution is 2.22. The monoisotopic (exact) mass is 346 g/mol. The number of carbonyl (C=O) groups is 1. The van der Waals surface area contributed by atoms with Gasteiger partial charge in [-0.1, -0.05) is 19.1 Å². The van der Waals surface area contributed by atoms with Gasteiger partial charge in [0.15, 0.2) is 0 Å². The third-order valence-corrected chi connectivity index (χ3v) is 4.00. The second-order valence-corrected chi connectivity index (χ2v) is 6.13. The summed E-state index contributed by atoms with van der Waals surface area (Å²) in [6.07, 6.45) is 0.